The second-order valence-corrected chi connectivity index (χ2v) is 4.66. The maximum absolute atomic E-state index is 5.93. The van der Waals surface area contributed by atoms with E-state index in [0.29, 0.717) is 17.5 Å². The number of rotatable bonds is 3. The second kappa shape index (κ2) is 4.72. The lowest BCUT2D eigenvalue weighted by atomic mass is 10.1. The van der Waals surface area contributed by atoms with Gasteiger partial charge in [0.25, 0.3) is 0 Å². The fraction of sp³-hybridized carbons (Fsp3) is 0.357. The standard InChI is InChI=1S/C14H19N3O/c1-9(2)17-8-12(10(3)16-17)11-5-6-14(18-4)13(15)7-11/h5-9H,15H2,1-4H3. The Balaban J connectivity index is 2.45. The van der Waals surface area contributed by atoms with Gasteiger partial charge in [-0.15, -0.1) is 0 Å². The number of nitrogens with zero attached hydrogens (tertiary/aromatic N) is 2. The zero-order valence-electron chi connectivity index (χ0n) is 11.3. The summed E-state index contributed by atoms with van der Waals surface area (Å²) in [7, 11) is 1.62. The molecule has 0 atom stereocenters. The molecule has 0 aliphatic heterocycles. The van der Waals surface area contributed by atoms with E-state index in [1.807, 2.05) is 29.8 Å². The molecular formula is C14H19N3O. The molecule has 0 bridgehead atoms. The smallest absolute Gasteiger partial charge is 0.141 e. The topological polar surface area (TPSA) is 53.1 Å². The molecule has 0 saturated heterocycles. The molecule has 1 heterocycles. The highest BCUT2D eigenvalue weighted by Crippen LogP contribution is 2.30. The van der Waals surface area contributed by atoms with E-state index in [1.165, 1.54) is 0 Å². The fourth-order valence-electron chi connectivity index (χ4n) is 1.93. The van der Waals surface area contributed by atoms with Crippen LogP contribution in [0, 0.1) is 6.92 Å². The molecule has 0 unspecified atom stereocenters. The fourth-order valence-corrected chi connectivity index (χ4v) is 1.93. The van der Waals surface area contributed by atoms with Crippen molar-refractivity contribution in [2.45, 2.75) is 26.8 Å². The number of ether oxygens (including phenoxy) is 1. The minimum atomic E-state index is 0.355. The molecule has 0 radical (unpaired) electrons. The van der Waals surface area contributed by atoms with E-state index in [0.717, 1.165) is 16.8 Å². The first kappa shape index (κ1) is 12.5. The van der Waals surface area contributed by atoms with E-state index in [9.17, 15) is 0 Å². The highest BCUT2D eigenvalue weighted by Gasteiger charge is 2.10. The van der Waals surface area contributed by atoms with Gasteiger partial charge < -0.3 is 10.5 Å². The number of anilines is 1. The van der Waals surface area contributed by atoms with Crippen molar-refractivity contribution in [3.05, 3.63) is 30.1 Å². The van der Waals surface area contributed by atoms with Gasteiger partial charge in [-0.3, -0.25) is 4.68 Å². The number of nitrogens with two attached hydrogens (primary N) is 1. The molecule has 2 aromatic rings. The summed E-state index contributed by atoms with van der Waals surface area (Å²) < 4.78 is 7.13. The molecule has 0 spiro atoms. The van der Waals surface area contributed by atoms with Gasteiger partial charge in [0.05, 0.1) is 18.5 Å². The van der Waals surface area contributed by atoms with Gasteiger partial charge in [-0.25, -0.2) is 0 Å². The minimum absolute atomic E-state index is 0.355. The number of methoxy groups -OCH3 is 1. The van der Waals surface area contributed by atoms with Crippen molar-refractivity contribution < 1.29 is 4.74 Å². The normalized spacial score (nSPS) is 10.9. The van der Waals surface area contributed by atoms with E-state index in [1.54, 1.807) is 7.11 Å². The van der Waals surface area contributed by atoms with Gasteiger partial charge >= 0.3 is 0 Å². The molecule has 18 heavy (non-hydrogen) atoms. The summed E-state index contributed by atoms with van der Waals surface area (Å²) >= 11 is 0. The van der Waals surface area contributed by atoms with Crippen LogP contribution in [-0.2, 0) is 0 Å². The molecule has 1 aromatic carbocycles. The predicted octanol–water partition coefficient (Wildman–Crippen LogP) is 3.03. The Kier molecular flexibility index (Phi) is 3.28. The number of benzene rings is 1. The number of aryl methyl sites for hydroxylation is 1. The highest BCUT2D eigenvalue weighted by atomic mass is 16.5. The summed E-state index contributed by atoms with van der Waals surface area (Å²) in [6.45, 7) is 6.23. The van der Waals surface area contributed by atoms with Gasteiger partial charge in [0.15, 0.2) is 0 Å². The molecule has 0 aliphatic rings. The predicted molar refractivity (Wildman–Crippen MR) is 73.7 cm³/mol. The van der Waals surface area contributed by atoms with Gasteiger partial charge in [-0.1, -0.05) is 6.07 Å². The first-order valence-corrected chi connectivity index (χ1v) is 6.02. The third-order valence-corrected chi connectivity index (χ3v) is 2.99. The first-order chi connectivity index (χ1) is 8.52. The Bertz CT molecular complexity index is 558. The summed E-state index contributed by atoms with van der Waals surface area (Å²) in [5.74, 6) is 0.702. The highest BCUT2D eigenvalue weighted by molar-refractivity contribution is 5.71. The Hall–Kier alpha value is -1.97. The molecule has 96 valence electrons. The average Bonchev–Trinajstić information content (AvgIpc) is 2.71. The van der Waals surface area contributed by atoms with Crippen LogP contribution in [0.2, 0.25) is 0 Å². The molecule has 4 heteroatoms. The quantitative estimate of drug-likeness (QED) is 0.846. The average molecular weight is 245 g/mol. The Morgan fingerprint density at radius 3 is 2.56 bits per heavy atom. The van der Waals surface area contributed by atoms with Gasteiger partial charge in [-0.05, 0) is 38.5 Å². The van der Waals surface area contributed by atoms with Crippen LogP contribution in [0.5, 0.6) is 5.75 Å². The van der Waals surface area contributed by atoms with Crippen molar-refractivity contribution in [2.24, 2.45) is 0 Å². The van der Waals surface area contributed by atoms with Crippen LogP contribution in [0.1, 0.15) is 25.6 Å². The summed E-state index contributed by atoms with van der Waals surface area (Å²) in [5.41, 5.74) is 9.76. The molecule has 0 fully saturated rings. The zero-order valence-corrected chi connectivity index (χ0v) is 11.3. The summed E-state index contributed by atoms with van der Waals surface area (Å²) in [5, 5.41) is 4.50. The minimum Gasteiger partial charge on any atom is -0.495 e. The number of aromatic nitrogens is 2. The van der Waals surface area contributed by atoms with Crippen molar-refractivity contribution in [1.82, 2.24) is 9.78 Å². The first-order valence-electron chi connectivity index (χ1n) is 6.02. The van der Waals surface area contributed by atoms with Gasteiger partial charge in [-0.2, -0.15) is 5.10 Å². The third-order valence-electron chi connectivity index (χ3n) is 2.99. The summed E-state index contributed by atoms with van der Waals surface area (Å²) in [4.78, 5) is 0. The van der Waals surface area contributed by atoms with Gasteiger partial charge in [0.2, 0.25) is 0 Å². The molecule has 1 aromatic heterocycles. The maximum atomic E-state index is 5.93. The molecule has 2 rings (SSSR count). The van der Waals surface area contributed by atoms with Gasteiger partial charge in [0, 0.05) is 17.8 Å². The number of nitrogen functional groups attached to an aromatic ring is 1. The van der Waals surface area contributed by atoms with Crippen LogP contribution in [0.25, 0.3) is 11.1 Å². The van der Waals surface area contributed by atoms with E-state index >= 15 is 0 Å². The lowest BCUT2D eigenvalue weighted by Gasteiger charge is -2.06. The van der Waals surface area contributed by atoms with E-state index in [2.05, 4.69) is 25.1 Å². The Morgan fingerprint density at radius 1 is 1.33 bits per heavy atom. The molecule has 4 nitrogen and oxygen atoms in total. The lowest BCUT2D eigenvalue weighted by molar-refractivity contribution is 0.417. The zero-order chi connectivity index (χ0) is 13.3. The van der Waals surface area contributed by atoms with Crippen LogP contribution in [0.4, 0.5) is 5.69 Å². The molecule has 0 saturated carbocycles. The summed E-state index contributed by atoms with van der Waals surface area (Å²) in [6, 6.07) is 6.17. The molecule has 0 aliphatic carbocycles. The SMILES string of the molecule is COc1ccc(-c2cn(C(C)C)nc2C)cc1N. The molecule has 2 N–H and O–H groups in total. The maximum Gasteiger partial charge on any atom is 0.141 e. The monoisotopic (exact) mass is 245 g/mol. The van der Waals surface area contributed by atoms with Crippen LogP contribution in [0.15, 0.2) is 24.4 Å². The third kappa shape index (κ3) is 2.18. The van der Waals surface area contributed by atoms with Crippen molar-refractivity contribution >= 4 is 5.69 Å². The largest absolute Gasteiger partial charge is 0.495 e. The lowest BCUT2D eigenvalue weighted by Crippen LogP contribution is -2.00. The van der Waals surface area contributed by atoms with Crippen LogP contribution in [-0.4, -0.2) is 16.9 Å². The van der Waals surface area contributed by atoms with Gasteiger partial charge in [0.1, 0.15) is 5.75 Å². The molecule has 0 amide bonds. The van der Waals surface area contributed by atoms with Crippen LogP contribution < -0.4 is 10.5 Å². The molecular weight excluding hydrogens is 226 g/mol. The van der Waals surface area contributed by atoms with Crippen LogP contribution in [0.3, 0.4) is 0 Å². The van der Waals surface area contributed by atoms with E-state index in [-0.39, 0.29) is 0 Å². The van der Waals surface area contributed by atoms with Crippen molar-refractivity contribution in [3.8, 4) is 16.9 Å². The second-order valence-electron chi connectivity index (χ2n) is 4.66. The van der Waals surface area contributed by atoms with Crippen molar-refractivity contribution in [1.29, 1.82) is 0 Å². The Labute approximate surface area is 107 Å². The van der Waals surface area contributed by atoms with Crippen molar-refractivity contribution in [3.63, 3.8) is 0 Å². The number of hydrogen-bond donors (Lipinski definition) is 1. The number of hydrogen-bond acceptors (Lipinski definition) is 3. The summed E-state index contributed by atoms with van der Waals surface area (Å²) in [6.07, 6.45) is 2.06. The van der Waals surface area contributed by atoms with Crippen molar-refractivity contribution in [2.75, 3.05) is 12.8 Å². The van der Waals surface area contributed by atoms with Crippen LogP contribution >= 0.6 is 0 Å². The van der Waals surface area contributed by atoms with E-state index in [4.69, 9.17) is 10.5 Å². The van der Waals surface area contributed by atoms with E-state index < -0.39 is 0 Å². The Morgan fingerprint density at radius 2 is 2.06 bits per heavy atom.